The number of carbonyl (C=O) groups is 2. The molecule has 2 aromatic carbocycles. The third-order valence-corrected chi connectivity index (χ3v) is 5.20. The van der Waals surface area contributed by atoms with E-state index < -0.39 is 11.9 Å². The summed E-state index contributed by atoms with van der Waals surface area (Å²) in [5.74, 6) is -0.559. The number of furan rings is 1. The zero-order valence-corrected chi connectivity index (χ0v) is 16.8. The number of amides is 2. The Kier molecular flexibility index (Phi) is 6.36. The van der Waals surface area contributed by atoms with E-state index in [1.807, 2.05) is 48.5 Å². The van der Waals surface area contributed by atoms with Crippen LogP contribution in [0.2, 0.25) is 0 Å². The molecule has 2 N–H and O–H groups in total. The van der Waals surface area contributed by atoms with Gasteiger partial charge in [0.2, 0.25) is 5.91 Å². The topological polar surface area (TPSA) is 71.3 Å². The fourth-order valence-corrected chi connectivity index (χ4v) is 3.32. The maximum Gasteiger partial charge on any atom is 0.287 e. The van der Waals surface area contributed by atoms with Crippen molar-refractivity contribution >= 4 is 45.2 Å². The fourth-order valence-electron chi connectivity index (χ4n) is 2.24. The van der Waals surface area contributed by atoms with Gasteiger partial charge < -0.3 is 15.1 Å². The molecule has 7 heteroatoms. The van der Waals surface area contributed by atoms with E-state index in [2.05, 4.69) is 26.6 Å². The standard InChI is InChI=1S/C20H17BrN2O3S/c1-13(22-20(25)18-3-2-12-26-18)19(24)23-15-6-10-17(11-7-15)27-16-8-4-14(21)5-9-16/h2-13H,1H3,(H,22,25)(H,23,24)/t13-/m0/s1. The average molecular weight is 445 g/mol. The van der Waals surface area contributed by atoms with Crippen LogP contribution in [0.25, 0.3) is 0 Å². The largest absolute Gasteiger partial charge is 0.459 e. The molecule has 0 aliphatic rings. The third kappa shape index (κ3) is 5.48. The van der Waals surface area contributed by atoms with Crippen molar-refractivity contribution in [3.63, 3.8) is 0 Å². The van der Waals surface area contributed by atoms with Crippen molar-refractivity contribution in [1.29, 1.82) is 0 Å². The molecular formula is C20H17BrN2O3S. The van der Waals surface area contributed by atoms with Crippen molar-refractivity contribution < 1.29 is 14.0 Å². The van der Waals surface area contributed by atoms with Crippen LogP contribution in [0.5, 0.6) is 0 Å². The molecule has 0 fully saturated rings. The highest BCUT2D eigenvalue weighted by atomic mass is 79.9. The number of nitrogens with one attached hydrogen (secondary N) is 2. The molecule has 0 aliphatic heterocycles. The summed E-state index contributed by atoms with van der Waals surface area (Å²) in [6.45, 7) is 1.62. The van der Waals surface area contributed by atoms with Gasteiger partial charge in [-0.15, -0.1) is 0 Å². The van der Waals surface area contributed by atoms with Gasteiger partial charge in [0.25, 0.3) is 5.91 Å². The number of hydrogen-bond acceptors (Lipinski definition) is 4. The van der Waals surface area contributed by atoms with E-state index in [0.29, 0.717) is 5.69 Å². The Bertz CT molecular complexity index is 909. The van der Waals surface area contributed by atoms with Crippen LogP contribution >= 0.6 is 27.7 Å². The van der Waals surface area contributed by atoms with E-state index in [0.717, 1.165) is 14.3 Å². The summed E-state index contributed by atoms with van der Waals surface area (Å²) in [5.41, 5.74) is 0.666. The van der Waals surface area contributed by atoms with Gasteiger partial charge in [0.05, 0.1) is 6.26 Å². The minimum Gasteiger partial charge on any atom is -0.459 e. The highest BCUT2D eigenvalue weighted by molar-refractivity contribution is 9.10. The zero-order chi connectivity index (χ0) is 19.2. The molecule has 0 spiro atoms. The number of rotatable bonds is 6. The van der Waals surface area contributed by atoms with Crippen LogP contribution < -0.4 is 10.6 Å². The van der Waals surface area contributed by atoms with Crippen molar-refractivity contribution in [2.45, 2.75) is 22.8 Å². The number of anilines is 1. The second-order valence-corrected chi connectivity index (χ2v) is 7.80. The monoisotopic (exact) mass is 444 g/mol. The van der Waals surface area contributed by atoms with Crippen LogP contribution in [0.1, 0.15) is 17.5 Å². The lowest BCUT2D eigenvalue weighted by molar-refractivity contribution is -0.117. The third-order valence-electron chi connectivity index (χ3n) is 3.66. The first-order valence-electron chi connectivity index (χ1n) is 8.20. The molecule has 138 valence electrons. The Morgan fingerprint density at radius 3 is 2.22 bits per heavy atom. The summed E-state index contributed by atoms with van der Waals surface area (Å²) in [5, 5.41) is 5.39. The van der Waals surface area contributed by atoms with Gasteiger partial charge in [0.15, 0.2) is 5.76 Å². The number of halogens is 1. The molecule has 5 nitrogen and oxygen atoms in total. The van der Waals surface area contributed by atoms with Gasteiger partial charge >= 0.3 is 0 Å². The van der Waals surface area contributed by atoms with Crippen LogP contribution in [-0.2, 0) is 4.79 Å². The second-order valence-electron chi connectivity index (χ2n) is 5.74. The van der Waals surface area contributed by atoms with Gasteiger partial charge in [0, 0.05) is 20.0 Å². The van der Waals surface area contributed by atoms with Crippen molar-refractivity contribution in [2.24, 2.45) is 0 Å². The smallest absolute Gasteiger partial charge is 0.287 e. The van der Waals surface area contributed by atoms with E-state index in [1.54, 1.807) is 30.8 Å². The molecule has 27 heavy (non-hydrogen) atoms. The summed E-state index contributed by atoms with van der Waals surface area (Å²) < 4.78 is 6.05. The lowest BCUT2D eigenvalue weighted by Gasteiger charge is -2.13. The first-order valence-corrected chi connectivity index (χ1v) is 9.81. The Labute approximate surface area is 169 Å². The Morgan fingerprint density at radius 2 is 1.63 bits per heavy atom. The first kappa shape index (κ1) is 19.3. The fraction of sp³-hybridized carbons (Fsp3) is 0.100. The van der Waals surface area contributed by atoms with Gasteiger partial charge in [-0.2, -0.15) is 0 Å². The molecule has 0 radical (unpaired) electrons. The molecular weight excluding hydrogens is 428 g/mol. The molecule has 0 bridgehead atoms. The van der Waals surface area contributed by atoms with Gasteiger partial charge in [0.1, 0.15) is 6.04 Å². The van der Waals surface area contributed by atoms with Crippen molar-refractivity contribution in [2.75, 3.05) is 5.32 Å². The summed E-state index contributed by atoms with van der Waals surface area (Å²) in [6, 6.07) is 18.1. The molecule has 3 aromatic rings. The van der Waals surface area contributed by atoms with Crippen LogP contribution in [0, 0.1) is 0 Å². The van der Waals surface area contributed by atoms with E-state index >= 15 is 0 Å². The highest BCUT2D eigenvalue weighted by Gasteiger charge is 2.18. The molecule has 0 saturated carbocycles. The van der Waals surface area contributed by atoms with E-state index in [-0.39, 0.29) is 11.7 Å². The normalized spacial score (nSPS) is 11.6. The maximum absolute atomic E-state index is 12.3. The van der Waals surface area contributed by atoms with Crippen molar-refractivity contribution in [1.82, 2.24) is 5.32 Å². The molecule has 2 amide bonds. The Balaban J connectivity index is 1.54. The maximum atomic E-state index is 12.3. The van der Waals surface area contributed by atoms with Gasteiger partial charge in [-0.3, -0.25) is 9.59 Å². The van der Waals surface area contributed by atoms with Gasteiger partial charge in [-0.1, -0.05) is 27.7 Å². The molecule has 1 atom stereocenters. The molecule has 0 aliphatic carbocycles. The summed E-state index contributed by atoms with van der Waals surface area (Å²) in [4.78, 5) is 26.4. The van der Waals surface area contributed by atoms with Gasteiger partial charge in [-0.05, 0) is 67.6 Å². The SMILES string of the molecule is C[C@H](NC(=O)c1ccco1)C(=O)Nc1ccc(Sc2ccc(Br)cc2)cc1. The van der Waals surface area contributed by atoms with E-state index in [1.165, 1.54) is 6.26 Å². The lowest BCUT2D eigenvalue weighted by Crippen LogP contribution is -2.41. The van der Waals surface area contributed by atoms with Crippen LogP contribution in [0.3, 0.4) is 0 Å². The lowest BCUT2D eigenvalue weighted by atomic mass is 10.2. The summed E-state index contributed by atoms with van der Waals surface area (Å²) in [6.07, 6.45) is 1.41. The van der Waals surface area contributed by atoms with Crippen LogP contribution in [0.15, 0.2) is 85.6 Å². The molecule has 3 rings (SSSR count). The van der Waals surface area contributed by atoms with Crippen LogP contribution in [0.4, 0.5) is 5.69 Å². The number of hydrogen-bond donors (Lipinski definition) is 2. The molecule has 0 unspecified atom stereocenters. The predicted octanol–water partition coefficient (Wildman–Crippen LogP) is 4.95. The average Bonchev–Trinajstić information content (AvgIpc) is 3.20. The second kappa shape index (κ2) is 8.92. The molecule has 1 heterocycles. The van der Waals surface area contributed by atoms with Crippen molar-refractivity contribution in [3.05, 3.63) is 77.2 Å². The quantitative estimate of drug-likeness (QED) is 0.563. The van der Waals surface area contributed by atoms with E-state index in [9.17, 15) is 9.59 Å². The molecule has 0 saturated heterocycles. The molecule has 1 aromatic heterocycles. The first-order chi connectivity index (χ1) is 13.0. The Morgan fingerprint density at radius 1 is 1.00 bits per heavy atom. The van der Waals surface area contributed by atoms with E-state index in [4.69, 9.17) is 4.42 Å². The van der Waals surface area contributed by atoms with Crippen LogP contribution in [-0.4, -0.2) is 17.9 Å². The Hall–Kier alpha value is -2.51. The highest BCUT2D eigenvalue weighted by Crippen LogP contribution is 2.29. The summed E-state index contributed by atoms with van der Waals surface area (Å²) in [7, 11) is 0. The number of benzene rings is 2. The van der Waals surface area contributed by atoms with Gasteiger partial charge in [-0.25, -0.2) is 0 Å². The summed E-state index contributed by atoms with van der Waals surface area (Å²) >= 11 is 5.06. The zero-order valence-electron chi connectivity index (χ0n) is 14.4. The minimum absolute atomic E-state index is 0.170. The minimum atomic E-state index is -0.695. The van der Waals surface area contributed by atoms with Crippen molar-refractivity contribution in [3.8, 4) is 0 Å². The predicted molar refractivity (Wildman–Crippen MR) is 109 cm³/mol. The number of carbonyl (C=O) groups excluding carboxylic acids is 2.